The Morgan fingerprint density at radius 3 is 2.88 bits per heavy atom. The van der Waals surface area contributed by atoms with Crippen LogP contribution in [0.15, 0.2) is 30.5 Å². The fourth-order valence-electron chi connectivity index (χ4n) is 3.31. The van der Waals surface area contributed by atoms with E-state index >= 15 is 0 Å². The molecule has 1 aromatic heterocycles. The molecule has 1 saturated heterocycles. The van der Waals surface area contributed by atoms with Crippen molar-refractivity contribution >= 4 is 17.5 Å². The Hall–Kier alpha value is -1.69. The molecular weight excluding hydrogens is 324 g/mol. The lowest BCUT2D eigenvalue weighted by Gasteiger charge is -2.30. The molecule has 0 bridgehead atoms. The van der Waals surface area contributed by atoms with Crippen molar-refractivity contribution in [2.45, 2.75) is 19.5 Å². The number of halogens is 1. The average Bonchev–Trinajstić information content (AvgIpc) is 2.62. The van der Waals surface area contributed by atoms with Crippen LogP contribution in [0.2, 0.25) is 5.02 Å². The summed E-state index contributed by atoms with van der Waals surface area (Å²) >= 11 is 6.08. The third-order valence-corrected chi connectivity index (χ3v) is 4.82. The van der Waals surface area contributed by atoms with Crippen LogP contribution < -0.4 is 4.90 Å². The normalized spacial score (nSPS) is 18.5. The molecule has 4 rings (SSSR count). The van der Waals surface area contributed by atoms with Gasteiger partial charge < -0.3 is 9.64 Å². The van der Waals surface area contributed by atoms with Gasteiger partial charge in [0.1, 0.15) is 0 Å². The van der Waals surface area contributed by atoms with Crippen LogP contribution in [0.4, 0.5) is 5.95 Å². The Morgan fingerprint density at radius 1 is 1.17 bits per heavy atom. The third kappa shape index (κ3) is 3.53. The Balaban J connectivity index is 1.45. The Morgan fingerprint density at radius 2 is 2.04 bits per heavy atom. The molecule has 2 aliphatic heterocycles. The van der Waals surface area contributed by atoms with Crippen LogP contribution in [0, 0.1) is 0 Å². The van der Waals surface area contributed by atoms with Crippen LogP contribution in [-0.4, -0.2) is 47.7 Å². The van der Waals surface area contributed by atoms with Gasteiger partial charge in [-0.25, -0.2) is 9.97 Å². The van der Waals surface area contributed by atoms with Crippen LogP contribution in [0.25, 0.3) is 0 Å². The number of aromatic nitrogens is 2. The number of hydrogen-bond acceptors (Lipinski definition) is 5. The van der Waals surface area contributed by atoms with Gasteiger partial charge in [-0.1, -0.05) is 23.7 Å². The fraction of sp³-hybridized carbons (Fsp3) is 0.444. The maximum absolute atomic E-state index is 6.08. The van der Waals surface area contributed by atoms with Gasteiger partial charge in [-0.15, -0.1) is 0 Å². The first kappa shape index (κ1) is 15.8. The van der Waals surface area contributed by atoms with Crippen molar-refractivity contribution in [1.29, 1.82) is 0 Å². The second kappa shape index (κ2) is 7.05. The lowest BCUT2D eigenvalue weighted by atomic mass is 10.1. The van der Waals surface area contributed by atoms with Gasteiger partial charge >= 0.3 is 0 Å². The summed E-state index contributed by atoms with van der Waals surface area (Å²) in [6.45, 7) is 6.08. The molecule has 0 saturated carbocycles. The maximum Gasteiger partial charge on any atom is 0.225 e. The Labute approximate surface area is 147 Å². The molecule has 0 N–H and O–H groups in total. The summed E-state index contributed by atoms with van der Waals surface area (Å²) in [4.78, 5) is 14.0. The van der Waals surface area contributed by atoms with Gasteiger partial charge in [0.05, 0.1) is 18.9 Å². The van der Waals surface area contributed by atoms with Crippen LogP contribution >= 0.6 is 11.6 Å². The molecule has 0 amide bonds. The van der Waals surface area contributed by atoms with Gasteiger partial charge in [-0.05, 0) is 17.7 Å². The van der Waals surface area contributed by atoms with Crippen LogP contribution in [0.1, 0.15) is 16.8 Å². The van der Waals surface area contributed by atoms with Crippen molar-refractivity contribution in [2.75, 3.05) is 37.7 Å². The van der Waals surface area contributed by atoms with Gasteiger partial charge in [0.15, 0.2) is 0 Å². The fourth-order valence-corrected chi connectivity index (χ4v) is 3.52. The Bertz CT molecular complexity index is 718. The molecule has 0 unspecified atom stereocenters. The number of benzene rings is 1. The predicted octanol–water partition coefficient (Wildman–Crippen LogP) is 2.52. The van der Waals surface area contributed by atoms with Crippen molar-refractivity contribution in [3.05, 3.63) is 52.3 Å². The number of morpholine rings is 1. The topological polar surface area (TPSA) is 41.5 Å². The lowest BCUT2D eigenvalue weighted by molar-refractivity contribution is 0.122. The molecule has 0 radical (unpaired) electrons. The van der Waals surface area contributed by atoms with E-state index in [-0.39, 0.29) is 0 Å². The van der Waals surface area contributed by atoms with Crippen molar-refractivity contribution < 1.29 is 4.74 Å². The molecule has 126 valence electrons. The zero-order chi connectivity index (χ0) is 16.4. The largest absolute Gasteiger partial charge is 0.378 e. The van der Waals surface area contributed by atoms with Gasteiger partial charge in [0, 0.05) is 55.9 Å². The van der Waals surface area contributed by atoms with E-state index in [1.54, 1.807) is 0 Å². The smallest absolute Gasteiger partial charge is 0.225 e. The zero-order valence-corrected chi connectivity index (χ0v) is 14.4. The van der Waals surface area contributed by atoms with Crippen molar-refractivity contribution in [2.24, 2.45) is 0 Å². The summed E-state index contributed by atoms with van der Waals surface area (Å²) in [5.41, 5.74) is 3.67. The molecule has 1 aromatic carbocycles. The molecular formula is C18H21ClN4O. The summed E-state index contributed by atoms with van der Waals surface area (Å²) in [5.74, 6) is 0.848. The molecule has 2 aromatic rings. The summed E-state index contributed by atoms with van der Waals surface area (Å²) in [6.07, 6.45) is 2.97. The van der Waals surface area contributed by atoms with Gasteiger partial charge in [-0.3, -0.25) is 4.90 Å². The minimum atomic E-state index is 0.758. The van der Waals surface area contributed by atoms with Crippen LogP contribution in [0.3, 0.4) is 0 Å². The number of nitrogens with zero attached hydrogens (tertiary/aromatic N) is 4. The number of fused-ring (bicyclic) bond motifs is 1. The summed E-state index contributed by atoms with van der Waals surface area (Å²) in [6, 6.07) is 8.08. The molecule has 1 fully saturated rings. The molecule has 0 atom stereocenters. The Kier molecular flexibility index (Phi) is 4.65. The highest BCUT2D eigenvalue weighted by Crippen LogP contribution is 2.22. The molecule has 6 heteroatoms. The lowest BCUT2D eigenvalue weighted by Crippen LogP contribution is -2.38. The zero-order valence-electron chi connectivity index (χ0n) is 13.6. The number of rotatable bonds is 3. The molecule has 0 aliphatic carbocycles. The van der Waals surface area contributed by atoms with Crippen LogP contribution in [-0.2, 0) is 24.2 Å². The first-order chi connectivity index (χ1) is 11.8. The number of ether oxygens (including phenoxy) is 1. The van der Waals surface area contributed by atoms with Crippen molar-refractivity contribution in [3.8, 4) is 0 Å². The maximum atomic E-state index is 6.08. The molecule has 0 spiro atoms. The van der Waals surface area contributed by atoms with E-state index in [0.717, 1.165) is 63.3 Å². The third-order valence-electron chi connectivity index (χ3n) is 4.59. The molecule has 3 heterocycles. The highest BCUT2D eigenvalue weighted by Gasteiger charge is 2.21. The first-order valence-corrected chi connectivity index (χ1v) is 8.80. The first-order valence-electron chi connectivity index (χ1n) is 8.42. The number of hydrogen-bond donors (Lipinski definition) is 0. The highest BCUT2D eigenvalue weighted by atomic mass is 35.5. The van der Waals surface area contributed by atoms with E-state index in [0.29, 0.717) is 0 Å². The van der Waals surface area contributed by atoms with Crippen molar-refractivity contribution in [3.63, 3.8) is 0 Å². The highest BCUT2D eigenvalue weighted by molar-refractivity contribution is 6.30. The monoisotopic (exact) mass is 344 g/mol. The van der Waals surface area contributed by atoms with E-state index in [2.05, 4.69) is 20.9 Å². The van der Waals surface area contributed by atoms with E-state index < -0.39 is 0 Å². The quantitative estimate of drug-likeness (QED) is 0.855. The summed E-state index contributed by atoms with van der Waals surface area (Å²) < 4.78 is 5.40. The minimum absolute atomic E-state index is 0.758. The van der Waals surface area contributed by atoms with E-state index in [1.165, 1.54) is 16.8 Å². The van der Waals surface area contributed by atoms with Gasteiger partial charge in [-0.2, -0.15) is 0 Å². The van der Waals surface area contributed by atoms with Crippen molar-refractivity contribution in [1.82, 2.24) is 14.9 Å². The second-order valence-corrected chi connectivity index (χ2v) is 6.77. The predicted molar refractivity (Wildman–Crippen MR) is 94.3 cm³/mol. The summed E-state index contributed by atoms with van der Waals surface area (Å²) in [5, 5.41) is 0.795. The van der Waals surface area contributed by atoms with E-state index in [4.69, 9.17) is 21.3 Å². The van der Waals surface area contributed by atoms with Gasteiger partial charge in [0.25, 0.3) is 0 Å². The summed E-state index contributed by atoms with van der Waals surface area (Å²) in [7, 11) is 0. The minimum Gasteiger partial charge on any atom is -0.378 e. The van der Waals surface area contributed by atoms with Gasteiger partial charge in [0.2, 0.25) is 5.95 Å². The average molecular weight is 345 g/mol. The standard InChI is InChI=1S/C18H21ClN4O/c19-16-3-1-2-14(10-16)12-22-5-4-17-15(13-22)11-20-18(21-17)23-6-8-24-9-7-23/h1-3,10-11H,4-9,12-13H2. The molecule has 2 aliphatic rings. The SMILES string of the molecule is Clc1cccc(CN2CCc3nc(N4CCOCC4)ncc3C2)c1. The number of anilines is 1. The van der Waals surface area contributed by atoms with Crippen LogP contribution in [0.5, 0.6) is 0 Å². The molecule has 5 nitrogen and oxygen atoms in total. The van der Waals surface area contributed by atoms with E-state index in [9.17, 15) is 0 Å². The second-order valence-electron chi connectivity index (χ2n) is 6.33. The van der Waals surface area contributed by atoms with E-state index in [1.807, 2.05) is 24.4 Å². The molecule has 24 heavy (non-hydrogen) atoms.